The van der Waals surface area contributed by atoms with Crippen LogP contribution in [0, 0.1) is 17.3 Å². The van der Waals surface area contributed by atoms with E-state index in [-0.39, 0.29) is 5.91 Å². The summed E-state index contributed by atoms with van der Waals surface area (Å²) < 4.78 is 10.8. The lowest BCUT2D eigenvalue weighted by Crippen LogP contribution is -2.50. The fourth-order valence-corrected chi connectivity index (χ4v) is 5.15. The highest BCUT2D eigenvalue weighted by molar-refractivity contribution is 5.95. The minimum Gasteiger partial charge on any atom is -0.497 e. The van der Waals surface area contributed by atoms with Crippen molar-refractivity contribution in [3.05, 3.63) is 71.3 Å². The van der Waals surface area contributed by atoms with Crippen LogP contribution in [0.2, 0.25) is 0 Å². The number of fused-ring (bicyclic) bond motifs is 1. The molecule has 3 aliphatic carbocycles. The van der Waals surface area contributed by atoms with E-state index in [9.17, 15) is 4.79 Å². The van der Waals surface area contributed by atoms with Crippen molar-refractivity contribution in [2.45, 2.75) is 33.1 Å². The van der Waals surface area contributed by atoms with E-state index in [1.54, 1.807) is 32.4 Å². The summed E-state index contributed by atoms with van der Waals surface area (Å²) in [6.07, 6.45) is 5.61. The van der Waals surface area contributed by atoms with Gasteiger partial charge in [0.25, 0.3) is 5.91 Å². The van der Waals surface area contributed by atoms with E-state index >= 15 is 0 Å². The first kappa shape index (κ1) is 21.5. The molecular weight excluding hydrogens is 386 g/mol. The highest BCUT2D eigenvalue weighted by Crippen LogP contribution is 2.59. The number of hydrogen-bond donors (Lipinski definition) is 0. The SMILES string of the molecule is COc1cc(OC)cc(C(=O)N(CCc2ccccc2)CC2=CCC3CC2C3(C)C)c1. The molecule has 1 amide bonds. The summed E-state index contributed by atoms with van der Waals surface area (Å²) in [5.41, 5.74) is 3.61. The Hall–Kier alpha value is -2.75. The van der Waals surface area contributed by atoms with Crippen molar-refractivity contribution in [3.63, 3.8) is 0 Å². The summed E-state index contributed by atoms with van der Waals surface area (Å²) in [4.78, 5) is 15.6. The van der Waals surface area contributed by atoms with Crippen molar-refractivity contribution in [3.8, 4) is 11.5 Å². The van der Waals surface area contributed by atoms with Crippen molar-refractivity contribution in [2.24, 2.45) is 17.3 Å². The van der Waals surface area contributed by atoms with Crippen molar-refractivity contribution in [1.29, 1.82) is 0 Å². The average molecular weight is 420 g/mol. The Labute approximate surface area is 185 Å². The fourth-order valence-electron chi connectivity index (χ4n) is 5.15. The standard InChI is InChI=1S/C27H33NO3/c1-27(2)22-11-10-20(25(27)16-22)18-28(13-12-19-8-6-5-7-9-19)26(29)21-14-23(30-3)17-24(15-21)31-4/h5-10,14-15,17,22,25H,11-13,16,18H2,1-4H3. The molecule has 164 valence electrons. The van der Waals surface area contributed by atoms with E-state index < -0.39 is 0 Å². The van der Waals surface area contributed by atoms with E-state index in [0.717, 1.165) is 18.8 Å². The Morgan fingerprint density at radius 3 is 2.32 bits per heavy atom. The Morgan fingerprint density at radius 1 is 1.06 bits per heavy atom. The summed E-state index contributed by atoms with van der Waals surface area (Å²) in [5.74, 6) is 2.65. The molecule has 0 aliphatic heterocycles. The van der Waals surface area contributed by atoms with Gasteiger partial charge < -0.3 is 14.4 Å². The topological polar surface area (TPSA) is 38.8 Å². The summed E-state index contributed by atoms with van der Waals surface area (Å²) in [5, 5.41) is 0. The molecule has 2 aromatic carbocycles. The summed E-state index contributed by atoms with van der Waals surface area (Å²) >= 11 is 0. The third-order valence-electron chi connectivity index (χ3n) is 7.35. The van der Waals surface area contributed by atoms with Crippen LogP contribution in [0.15, 0.2) is 60.2 Å². The third-order valence-corrected chi connectivity index (χ3v) is 7.35. The molecule has 31 heavy (non-hydrogen) atoms. The number of hydrogen-bond acceptors (Lipinski definition) is 3. The summed E-state index contributed by atoms with van der Waals surface area (Å²) in [6.45, 7) is 6.12. The van der Waals surface area contributed by atoms with E-state index in [1.165, 1.54) is 17.6 Å². The van der Waals surface area contributed by atoms with Crippen LogP contribution in [-0.4, -0.2) is 38.1 Å². The van der Waals surface area contributed by atoms with Gasteiger partial charge >= 0.3 is 0 Å². The Kier molecular flexibility index (Phi) is 6.08. The number of rotatable bonds is 8. The van der Waals surface area contributed by atoms with Gasteiger partial charge in [0.2, 0.25) is 0 Å². The van der Waals surface area contributed by atoms with Crippen LogP contribution >= 0.6 is 0 Å². The largest absolute Gasteiger partial charge is 0.497 e. The number of allylic oxidation sites excluding steroid dienone is 1. The lowest BCUT2D eigenvalue weighted by molar-refractivity contribution is -0.0102. The molecule has 5 rings (SSSR count). The zero-order valence-corrected chi connectivity index (χ0v) is 19.1. The van der Waals surface area contributed by atoms with Gasteiger partial charge in [-0.15, -0.1) is 0 Å². The molecule has 0 N–H and O–H groups in total. The van der Waals surface area contributed by atoms with E-state index in [4.69, 9.17) is 9.47 Å². The molecular formula is C27H33NO3. The van der Waals surface area contributed by atoms with Crippen LogP contribution in [-0.2, 0) is 6.42 Å². The summed E-state index contributed by atoms with van der Waals surface area (Å²) in [6, 6.07) is 15.8. The van der Waals surface area contributed by atoms with Gasteiger partial charge in [-0.25, -0.2) is 0 Å². The number of carbonyl (C=O) groups excluding carboxylic acids is 1. The number of ether oxygens (including phenoxy) is 2. The Bertz CT molecular complexity index is 941. The molecule has 4 nitrogen and oxygen atoms in total. The van der Waals surface area contributed by atoms with Gasteiger partial charge in [0.1, 0.15) is 11.5 Å². The molecule has 0 radical (unpaired) electrons. The molecule has 1 saturated carbocycles. The van der Waals surface area contributed by atoms with Crippen molar-refractivity contribution < 1.29 is 14.3 Å². The molecule has 2 bridgehead atoms. The van der Waals surface area contributed by atoms with Gasteiger partial charge in [-0.1, -0.05) is 55.8 Å². The number of amides is 1. The van der Waals surface area contributed by atoms with E-state index in [0.29, 0.717) is 41.5 Å². The molecule has 3 aliphatic rings. The highest BCUT2D eigenvalue weighted by atomic mass is 16.5. The fraction of sp³-hybridized carbons (Fsp3) is 0.444. The van der Waals surface area contributed by atoms with Gasteiger partial charge in [0, 0.05) is 24.7 Å². The van der Waals surface area contributed by atoms with Crippen LogP contribution < -0.4 is 9.47 Å². The second kappa shape index (κ2) is 8.78. The molecule has 0 saturated heterocycles. The first-order valence-corrected chi connectivity index (χ1v) is 11.2. The first-order valence-electron chi connectivity index (χ1n) is 11.2. The van der Waals surface area contributed by atoms with Gasteiger partial charge in [-0.05, 0) is 54.2 Å². The van der Waals surface area contributed by atoms with Crippen LogP contribution in [0.4, 0.5) is 0 Å². The maximum absolute atomic E-state index is 13.6. The van der Waals surface area contributed by atoms with Crippen LogP contribution in [0.3, 0.4) is 0 Å². The number of nitrogens with zero attached hydrogens (tertiary/aromatic N) is 1. The number of methoxy groups -OCH3 is 2. The first-order chi connectivity index (χ1) is 14.9. The monoisotopic (exact) mass is 419 g/mol. The quantitative estimate of drug-likeness (QED) is 0.539. The van der Waals surface area contributed by atoms with Crippen molar-refractivity contribution in [1.82, 2.24) is 4.90 Å². The maximum atomic E-state index is 13.6. The molecule has 2 unspecified atom stereocenters. The van der Waals surface area contributed by atoms with E-state index in [2.05, 4.69) is 44.2 Å². The minimum atomic E-state index is 0.0216. The highest BCUT2D eigenvalue weighted by Gasteiger charge is 2.51. The van der Waals surface area contributed by atoms with Crippen molar-refractivity contribution >= 4 is 5.91 Å². The van der Waals surface area contributed by atoms with Crippen LogP contribution in [0.25, 0.3) is 0 Å². The lowest BCUT2D eigenvalue weighted by Gasteiger charge is -2.57. The molecule has 0 aromatic heterocycles. The second-order valence-corrected chi connectivity index (χ2v) is 9.38. The van der Waals surface area contributed by atoms with Crippen LogP contribution in [0.1, 0.15) is 42.6 Å². The van der Waals surface area contributed by atoms with Gasteiger partial charge in [-0.2, -0.15) is 0 Å². The average Bonchev–Trinajstić information content (AvgIpc) is 2.81. The maximum Gasteiger partial charge on any atom is 0.254 e. The smallest absolute Gasteiger partial charge is 0.254 e. The van der Waals surface area contributed by atoms with E-state index in [1.807, 2.05) is 11.0 Å². The molecule has 2 aromatic rings. The molecule has 1 fully saturated rings. The zero-order chi connectivity index (χ0) is 22.0. The molecule has 4 heteroatoms. The molecule has 2 atom stereocenters. The van der Waals surface area contributed by atoms with Crippen LogP contribution in [0.5, 0.6) is 11.5 Å². The minimum absolute atomic E-state index is 0.0216. The predicted molar refractivity (Wildman–Crippen MR) is 124 cm³/mol. The molecule has 0 spiro atoms. The lowest BCUT2D eigenvalue weighted by atomic mass is 9.49. The zero-order valence-electron chi connectivity index (χ0n) is 19.1. The van der Waals surface area contributed by atoms with Gasteiger partial charge in [-0.3, -0.25) is 4.79 Å². The predicted octanol–water partition coefficient (Wildman–Crippen LogP) is 5.38. The Balaban J connectivity index is 1.59. The summed E-state index contributed by atoms with van der Waals surface area (Å²) in [7, 11) is 3.22. The normalized spacial score (nSPS) is 21.0. The number of carbonyl (C=O) groups is 1. The Morgan fingerprint density at radius 2 is 1.74 bits per heavy atom. The van der Waals surface area contributed by atoms with Gasteiger partial charge in [0.15, 0.2) is 0 Å². The second-order valence-electron chi connectivity index (χ2n) is 9.38. The van der Waals surface area contributed by atoms with Gasteiger partial charge in [0.05, 0.1) is 14.2 Å². The molecule has 0 heterocycles. The number of benzene rings is 2. The third kappa shape index (κ3) is 4.34. The van der Waals surface area contributed by atoms with Crippen molar-refractivity contribution in [2.75, 3.05) is 27.3 Å².